The Labute approximate surface area is 141 Å². The van der Waals surface area contributed by atoms with Crippen LogP contribution in [0.3, 0.4) is 0 Å². The van der Waals surface area contributed by atoms with Crippen LogP contribution in [0.15, 0.2) is 36.5 Å². The van der Waals surface area contributed by atoms with Gasteiger partial charge in [-0.1, -0.05) is 25.0 Å². The van der Waals surface area contributed by atoms with Crippen LogP contribution in [-0.2, 0) is 4.79 Å². The molecule has 0 saturated heterocycles. The fraction of sp³-hybridized carbons (Fsp3) is 0.444. The highest BCUT2D eigenvalue weighted by Crippen LogP contribution is 2.31. The summed E-state index contributed by atoms with van der Waals surface area (Å²) in [6.07, 6.45) is 5.77. The van der Waals surface area contributed by atoms with Gasteiger partial charge in [0.25, 0.3) is 5.91 Å². The van der Waals surface area contributed by atoms with Gasteiger partial charge in [-0.3, -0.25) is 4.79 Å². The minimum atomic E-state index is -0.567. The maximum absolute atomic E-state index is 12.1. The summed E-state index contributed by atoms with van der Waals surface area (Å²) in [7, 11) is 0. The van der Waals surface area contributed by atoms with Crippen LogP contribution in [-0.4, -0.2) is 27.4 Å². The molecule has 1 aliphatic rings. The van der Waals surface area contributed by atoms with Crippen molar-refractivity contribution < 1.29 is 14.6 Å². The first-order chi connectivity index (χ1) is 11.6. The number of aliphatic hydroxyl groups is 1. The number of anilines is 1. The van der Waals surface area contributed by atoms with Crippen molar-refractivity contribution in [1.29, 1.82) is 0 Å². The molecule has 1 fully saturated rings. The van der Waals surface area contributed by atoms with E-state index in [1.54, 1.807) is 31.3 Å². The molecule has 128 valence electrons. The lowest BCUT2D eigenvalue weighted by Gasteiger charge is -2.15. The van der Waals surface area contributed by atoms with Gasteiger partial charge in [-0.2, -0.15) is 5.10 Å². The van der Waals surface area contributed by atoms with E-state index in [0.29, 0.717) is 17.6 Å². The summed E-state index contributed by atoms with van der Waals surface area (Å²) in [6.45, 7) is 1.61. The van der Waals surface area contributed by atoms with Crippen molar-refractivity contribution in [3.63, 3.8) is 0 Å². The van der Waals surface area contributed by atoms with Crippen molar-refractivity contribution >= 4 is 11.7 Å². The highest BCUT2D eigenvalue weighted by atomic mass is 16.5. The third-order valence-corrected chi connectivity index (χ3v) is 4.32. The summed E-state index contributed by atoms with van der Waals surface area (Å²) < 4.78 is 7.42. The monoisotopic (exact) mass is 329 g/mol. The summed E-state index contributed by atoms with van der Waals surface area (Å²) in [5.41, 5.74) is 0.757. The average Bonchev–Trinajstić information content (AvgIpc) is 3.24. The highest BCUT2D eigenvalue weighted by Gasteiger charge is 2.20. The molecule has 6 heteroatoms. The number of carbonyl (C=O) groups excluding carboxylic acids is 1. The topological polar surface area (TPSA) is 76.4 Å². The van der Waals surface area contributed by atoms with E-state index < -0.39 is 6.10 Å². The Hall–Kier alpha value is -2.34. The number of nitrogens with zero attached hydrogens (tertiary/aromatic N) is 2. The van der Waals surface area contributed by atoms with Crippen LogP contribution in [0, 0.1) is 0 Å². The standard InChI is InChI=1S/C18H23N3O3/c1-13(22)14-5-4-8-16(11-14)24-12-18(23)20-17-9-10-19-21(17)15-6-2-3-7-15/h4-5,8-11,13,15,22H,2-3,6-7,12H2,1H3,(H,20,23). The zero-order valence-electron chi connectivity index (χ0n) is 13.8. The summed E-state index contributed by atoms with van der Waals surface area (Å²) >= 11 is 0. The molecule has 1 unspecified atom stereocenters. The summed E-state index contributed by atoms with van der Waals surface area (Å²) in [5.74, 6) is 1.05. The largest absolute Gasteiger partial charge is 0.484 e. The summed E-state index contributed by atoms with van der Waals surface area (Å²) in [5, 5.41) is 16.8. The maximum Gasteiger partial charge on any atom is 0.263 e. The quantitative estimate of drug-likeness (QED) is 0.854. The zero-order chi connectivity index (χ0) is 16.9. The van der Waals surface area contributed by atoms with E-state index >= 15 is 0 Å². The van der Waals surface area contributed by atoms with Crippen LogP contribution in [0.4, 0.5) is 5.82 Å². The smallest absolute Gasteiger partial charge is 0.263 e. The maximum atomic E-state index is 12.1. The number of aromatic nitrogens is 2. The van der Waals surface area contributed by atoms with E-state index in [1.807, 2.05) is 16.8 Å². The molecule has 0 bridgehead atoms. The molecule has 1 saturated carbocycles. The molecule has 1 aromatic carbocycles. The van der Waals surface area contributed by atoms with E-state index in [2.05, 4.69) is 10.4 Å². The Bertz CT molecular complexity index is 690. The number of carbonyl (C=O) groups is 1. The van der Waals surface area contributed by atoms with Crippen molar-refractivity contribution in [3.05, 3.63) is 42.1 Å². The number of amides is 1. The molecule has 6 nitrogen and oxygen atoms in total. The average molecular weight is 329 g/mol. The third-order valence-electron chi connectivity index (χ3n) is 4.32. The number of hydrogen-bond donors (Lipinski definition) is 2. The SMILES string of the molecule is CC(O)c1cccc(OCC(=O)Nc2ccnn2C2CCCC2)c1. The van der Waals surface area contributed by atoms with Crippen molar-refractivity contribution in [2.45, 2.75) is 44.8 Å². The molecule has 1 amide bonds. The van der Waals surface area contributed by atoms with E-state index in [4.69, 9.17) is 4.74 Å². The van der Waals surface area contributed by atoms with Crippen molar-refractivity contribution in [3.8, 4) is 5.75 Å². The van der Waals surface area contributed by atoms with Crippen LogP contribution in [0.25, 0.3) is 0 Å². The number of hydrogen-bond acceptors (Lipinski definition) is 4. The van der Waals surface area contributed by atoms with Crippen LogP contribution in [0.2, 0.25) is 0 Å². The molecule has 1 aliphatic carbocycles. The highest BCUT2D eigenvalue weighted by molar-refractivity contribution is 5.91. The van der Waals surface area contributed by atoms with Gasteiger partial charge in [0.1, 0.15) is 11.6 Å². The van der Waals surface area contributed by atoms with E-state index in [0.717, 1.165) is 18.4 Å². The second-order valence-electron chi connectivity index (χ2n) is 6.18. The van der Waals surface area contributed by atoms with Crippen LogP contribution >= 0.6 is 0 Å². The van der Waals surface area contributed by atoms with Gasteiger partial charge in [-0.15, -0.1) is 0 Å². The minimum absolute atomic E-state index is 0.0842. The Morgan fingerprint density at radius 3 is 2.96 bits per heavy atom. The molecule has 3 rings (SSSR count). The van der Waals surface area contributed by atoms with Crippen molar-refractivity contribution in [2.75, 3.05) is 11.9 Å². The lowest BCUT2D eigenvalue weighted by molar-refractivity contribution is -0.118. The van der Waals surface area contributed by atoms with Gasteiger partial charge in [-0.05, 0) is 37.5 Å². The molecular weight excluding hydrogens is 306 g/mol. The minimum Gasteiger partial charge on any atom is -0.484 e. The van der Waals surface area contributed by atoms with Crippen LogP contribution < -0.4 is 10.1 Å². The predicted octanol–water partition coefficient (Wildman–Crippen LogP) is 3.07. The molecule has 0 radical (unpaired) electrons. The third kappa shape index (κ3) is 3.94. The van der Waals surface area contributed by atoms with Gasteiger partial charge in [-0.25, -0.2) is 4.68 Å². The summed E-state index contributed by atoms with van der Waals surface area (Å²) in [6, 6.07) is 9.30. The van der Waals surface area contributed by atoms with Gasteiger partial charge in [0.2, 0.25) is 0 Å². The predicted molar refractivity (Wildman–Crippen MR) is 90.9 cm³/mol. The molecule has 2 N–H and O–H groups in total. The lowest BCUT2D eigenvalue weighted by Crippen LogP contribution is -2.23. The molecule has 1 aromatic heterocycles. The Kier molecular flexibility index (Phi) is 5.15. The van der Waals surface area contributed by atoms with Crippen molar-refractivity contribution in [2.24, 2.45) is 0 Å². The lowest BCUT2D eigenvalue weighted by atomic mass is 10.1. The second kappa shape index (κ2) is 7.49. The zero-order valence-corrected chi connectivity index (χ0v) is 13.8. The normalized spacial score (nSPS) is 16.1. The Morgan fingerprint density at radius 2 is 2.21 bits per heavy atom. The Balaban J connectivity index is 1.56. The fourth-order valence-corrected chi connectivity index (χ4v) is 3.05. The molecule has 24 heavy (non-hydrogen) atoms. The van der Waals surface area contributed by atoms with Crippen LogP contribution in [0.5, 0.6) is 5.75 Å². The van der Waals surface area contributed by atoms with E-state index in [-0.39, 0.29) is 12.5 Å². The number of rotatable bonds is 6. The van der Waals surface area contributed by atoms with Gasteiger partial charge in [0.05, 0.1) is 18.3 Å². The van der Waals surface area contributed by atoms with E-state index in [9.17, 15) is 9.90 Å². The number of ether oxygens (including phenoxy) is 1. The molecular formula is C18H23N3O3. The van der Waals surface area contributed by atoms with Crippen molar-refractivity contribution in [1.82, 2.24) is 9.78 Å². The number of benzene rings is 1. The number of nitrogens with one attached hydrogen (secondary N) is 1. The molecule has 1 atom stereocenters. The first-order valence-corrected chi connectivity index (χ1v) is 8.37. The first kappa shape index (κ1) is 16.5. The number of aliphatic hydroxyl groups excluding tert-OH is 1. The first-order valence-electron chi connectivity index (χ1n) is 8.37. The molecule has 0 spiro atoms. The van der Waals surface area contributed by atoms with Crippen LogP contribution in [0.1, 0.15) is 50.3 Å². The molecule has 0 aliphatic heterocycles. The van der Waals surface area contributed by atoms with E-state index in [1.165, 1.54) is 12.8 Å². The second-order valence-corrected chi connectivity index (χ2v) is 6.18. The van der Waals surface area contributed by atoms with Gasteiger partial charge < -0.3 is 15.2 Å². The Morgan fingerprint density at radius 1 is 1.42 bits per heavy atom. The van der Waals surface area contributed by atoms with Gasteiger partial charge in [0, 0.05) is 6.07 Å². The van der Waals surface area contributed by atoms with Gasteiger partial charge in [0.15, 0.2) is 6.61 Å². The molecule has 1 heterocycles. The van der Waals surface area contributed by atoms with Gasteiger partial charge >= 0.3 is 0 Å². The molecule has 2 aromatic rings. The summed E-state index contributed by atoms with van der Waals surface area (Å²) in [4.78, 5) is 12.1. The fourth-order valence-electron chi connectivity index (χ4n) is 3.05.